The molecular formula is C26H31N5O3. The Hall–Kier alpha value is -4.07. The number of hydrogen-bond donors (Lipinski definition) is 4. The van der Waals surface area contributed by atoms with Gasteiger partial charge in [-0.15, -0.1) is 0 Å². The molecule has 8 nitrogen and oxygen atoms in total. The van der Waals surface area contributed by atoms with Crippen LogP contribution in [-0.4, -0.2) is 37.5 Å². The second-order valence-corrected chi connectivity index (χ2v) is 7.98. The van der Waals surface area contributed by atoms with Crippen molar-refractivity contribution in [1.82, 2.24) is 5.32 Å². The molecule has 0 aromatic heterocycles. The average molecular weight is 462 g/mol. The first-order valence-corrected chi connectivity index (χ1v) is 10.9. The van der Waals surface area contributed by atoms with Crippen LogP contribution in [-0.2, 0) is 4.74 Å². The molecule has 0 bridgehead atoms. The van der Waals surface area contributed by atoms with Crippen molar-refractivity contribution in [2.24, 2.45) is 9.98 Å². The maximum absolute atomic E-state index is 9.41. The SMILES string of the molecule is C=N/C(Oc1cccc(NC(NC(=N)/C=C(/C)O)=C2CC2)c1)=C1/C=C(OC)C(C)=C/C(=N/C)C1. The molecule has 0 aliphatic heterocycles. The fourth-order valence-corrected chi connectivity index (χ4v) is 3.38. The van der Waals surface area contributed by atoms with Crippen LogP contribution in [0, 0.1) is 5.41 Å². The van der Waals surface area contributed by atoms with Gasteiger partial charge in [-0.05, 0) is 68.8 Å². The molecule has 0 amide bonds. The van der Waals surface area contributed by atoms with Crippen molar-refractivity contribution in [3.63, 3.8) is 0 Å². The average Bonchev–Trinajstić information content (AvgIpc) is 3.64. The largest absolute Gasteiger partial charge is 0.512 e. The Morgan fingerprint density at radius 2 is 2.03 bits per heavy atom. The number of aliphatic imine (C=N–C) groups is 2. The third-order valence-corrected chi connectivity index (χ3v) is 5.16. The third kappa shape index (κ3) is 6.71. The molecule has 3 rings (SSSR count). The number of amidine groups is 1. The van der Waals surface area contributed by atoms with E-state index in [9.17, 15) is 5.11 Å². The van der Waals surface area contributed by atoms with Crippen LogP contribution in [0.15, 0.2) is 92.4 Å². The highest BCUT2D eigenvalue weighted by Crippen LogP contribution is 2.32. The molecule has 2 aliphatic carbocycles. The highest BCUT2D eigenvalue weighted by molar-refractivity contribution is 5.98. The lowest BCUT2D eigenvalue weighted by molar-refractivity contribution is 0.300. The van der Waals surface area contributed by atoms with Gasteiger partial charge >= 0.3 is 0 Å². The van der Waals surface area contributed by atoms with Crippen LogP contribution in [0.25, 0.3) is 0 Å². The van der Waals surface area contributed by atoms with E-state index in [1.54, 1.807) is 14.2 Å². The standard InChI is InChI=1S/C26H31N5O3/c1-16-11-21(28-3)13-19(14-23(16)33-5)26(29-4)34-22-8-6-7-20(15-22)30-25(18-9-10-18)31-24(27)12-17(2)32/h6-8,11-12,14-15,30,32H,4,9-10,13H2,1-3,5H3,(H2,27,31)/b17-12-,26-19-,28-21-. The van der Waals surface area contributed by atoms with Crippen LogP contribution >= 0.6 is 0 Å². The number of benzene rings is 1. The Kier molecular flexibility index (Phi) is 8.08. The predicted octanol–water partition coefficient (Wildman–Crippen LogP) is 5.37. The minimum atomic E-state index is 0.0661. The zero-order valence-electron chi connectivity index (χ0n) is 20.0. The molecular weight excluding hydrogens is 430 g/mol. The van der Waals surface area contributed by atoms with Crippen LogP contribution in [0.1, 0.15) is 33.1 Å². The molecule has 0 saturated heterocycles. The van der Waals surface area contributed by atoms with Gasteiger partial charge in [-0.25, -0.2) is 4.99 Å². The van der Waals surface area contributed by atoms with Gasteiger partial charge in [0.05, 0.1) is 12.9 Å². The molecule has 8 heteroatoms. The van der Waals surface area contributed by atoms with Gasteiger partial charge in [0.2, 0.25) is 5.88 Å². The van der Waals surface area contributed by atoms with E-state index in [-0.39, 0.29) is 11.6 Å². The van der Waals surface area contributed by atoms with E-state index >= 15 is 0 Å². The van der Waals surface area contributed by atoms with E-state index in [2.05, 4.69) is 27.3 Å². The van der Waals surface area contributed by atoms with Crippen molar-refractivity contribution in [3.05, 3.63) is 82.4 Å². The van der Waals surface area contributed by atoms with E-state index in [0.717, 1.165) is 47.0 Å². The first-order valence-electron chi connectivity index (χ1n) is 10.9. The van der Waals surface area contributed by atoms with Crippen molar-refractivity contribution in [2.45, 2.75) is 33.1 Å². The number of aliphatic hydroxyl groups is 1. The van der Waals surface area contributed by atoms with E-state index < -0.39 is 0 Å². The van der Waals surface area contributed by atoms with Crippen molar-refractivity contribution in [2.75, 3.05) is 19.5 Å². The summed E-state index contributed by atoms with van der Waals surface area (Å²) in [5.41, 5.74) is 4.63. The molecule has 2 aliphatic rings. The monoisotopic (exact) mass is 461 g/mol. The van der Waals surface area contributed by atoms with E-state index in [0.29, 0.717) is 18.1 Å². The molecule has 0 heterocycles. The number of rotatable bonds is 8. The second kappa shape index (κ2) is 11.2. The first-order chi connectivity index (χ1) is 16.3. The van der Waals surface area contributed by atoms with Crippen LogP contribution in [0.2, 0.25) is 0 Å². The lowest BCUT2D eigenvalue weighted by Crippen LogP contribution is -2.25. The molecule has 34 heavy (non-hydrogen) atoms. The molecule has 1 aromatic carbocycles. The summed E-state index contributed by atoms with van der Waals surface area (Å²) in [4.78, 5) is 8.49. The number of nitrogens with zero attached hydrogens (tertiary/aromatic N) is 2. The smallest absolute Gasteiger partial charge is 0.222 e. The van der Waals surface area contributed by atoms with Gasteiger partial charge in [0.15, 0.2) is 0 Å². The minimum Gasteiger partial charge on any atom is -0.512 e. The summed E-state index contributed by atoms with van der Waals surface area (Å²) in [6.07, 6.45) is 7.70. The number of allylic oxidation sites excluding steroid dienone is 6. The Morgan fingerprint density at radius 3 is 2.65 bits per heavy atom. The minimum absolute atomic E-state index is 0.0661. The molecule has 1 fully saturated rings. The van der Waals surface area contributed by atoms with Gasteiger partial charge in [0.25, 0.3) is 0 Å². The second-order valence-electron chi connectivity index (χ2n) is 7.98. The highest BCUT2D eigenvalue weighted by atomic mass is 16.5. The Labute approximate surface area is 200 Å². The number of aliphatic hydroxyl groups excluding tert-OH is 1. The van der Waals surface area contributed by atoms with Gasteiger partial charge in [0, 0.05) is 42.6 Å². The lowest BCUT2D eigenvalue weighted by atomic mass is 10.1. The number of hydrogen-bond acceptors (Lipinski definition) is 7. The molecule has 1 saturated carbocycles. The summed E-state index contributed by atoms with van der Waals surface area (Å²) in [7, 11) is 3.38. The van der Waals surface area contributed by atoms with E-state index in [1.807, 2.05) is 43.3 Å². The van der Waals surface area contributed by atoms with Gasteiger partial charge in [0.1, 0.15) is 23.2 Å². The zero-order valence-corrected chi connectivity index (χ0v) is 20.0. The highest BCUT2D eigenvalue weighted by Gasteiger charge is 2.19. The summed E-state index contributed by atoms with van der Waals surface area (Å²) in [5.74, 6) is 2.58. The van der Waals surface area contributed by atoms with Crippen molar-refractivity contribution in [1.29, 1.82) is 5.41 Å². The molecule has 0 atom stereocenters. The molecule has 0 unspecified atom stereocenters. The summed E-state index contributed by atoms with van der Waals surface area (Å²) in [6, 6.07) is 7.47. The Balaban J connectivity index is 1.84. The fourth-order valence-electron chi connectivity index (χ4n) is 3.38. The van der Waals surface area contributed by atoms with Crippen molar-refractivity contribution >= 4 is 24.0 Å². The normalized spacial score (nSPS) is 18.3. The topological polar surface area (TPSA) is 111 Å². The van der Waals surface area contributed by atoms with Crippen LogP contribution in [0.5, 0.6) is 5.75 Å². The molecule has 0 spiro atoms. The van der Waals surface area contributed by atoms with Crippen LogP contribution in [0.4, 0.5) is 5.69 Å². The van der Waals surface area contributed by atoms with Crippen molar-refractivity contribution < 1.29 is 14.6 Å². The lowest BCUT2D eigenvalue weighted by Gasteiger charge is -2.15. The molecule has 0 radical (unpaired) electrons. The first kappa shape index (κ1) is 24.6. The van der Waals surface area contributed by atoms with Gasteiger partial charge in [-0.3, -0.25) is 10.4 Å². The van der Waals surface area contributed by atoms with Crippen molar-refractivity contribution in [3.8, 4) is 5.75 Å². The fraction of sp³-hybridized carbons (Fsp3) is 0.269. The predicted molar refractivity (Wildman–Crippen MR) is 138 cm³/mol. The van der Waals surface area contributed by atoms with Gasteiger partial charge in [-0.1, -0.05) is 6.07 Å². The van der Waals surface area contributed by atoms with Gasteiger partial charge < -0.3 is 25.2 Å². The maximum atomic E-state index is 9.41. The Morgan fingerprint density at radius 1 is 1.26 bits per heavy atom. The zero-order chi connectivity index (χ0) is 24.7. The molecule has 1 aromatic rings. The number of ether oxygens (including phenoxy) is 2. The summed E-state index contributed by atoms with van der Waals surface area (Å²) in [5, 5.41) is 23.7. The van der Waals surface area contributed by atoms with Gasteiger partial charge in [-0.2, -0.15) is 0 Å². The van der Waals surface area contributed by atoms with E-state index in [1.165, 1.54) is 18.6 Å². The molecule has 178 valence electrons. The maximum Gasteiger partial charge on any atom is 0.222 e. The number of nitrogens with one attached hydrogen (secondary N) is 3. The summed E-state index contributed by atoms with van der Waals surface area (Å²) < 4.78 is 11.6. The quantitative estimate of drug-likeness (QED) is 0.236. The summed E-state index contributed by atoms with van der Waals surface area (Å²) in [6.45, 7) is 7.20. The van der Waals surface area contributed by atoms with Crippen LogP contribution < -0.4 is 15.4 Å². The number of anilines is 1. The molecule has 4 N–H and O–H groups in total. The Bertz CT molecular complexity index is 1160. The summed E-state index contributed by atoms with van der Waals surface area (Å²) >= 11 is 0. The number of methoxy groups -OCH3 is 1. The third-order valence-electron chi connectivity index (χ3n) is 5.16. The van der Waals surface area contributed by atoms with E-state index in [4.69, 9.17) is 14.9 Å². The van der Waals surface area contributed by atoms with Crippen LogP contribution in [0.3, 0.4) is 0 Å².